The monoisotopic (exact) mass is 406 g/mol. The number of carboxylic acid groups (broad SMARTS) is 1. The molecule has 2 atom stereocenters. The molecule has 2 unspecified atom stereocenters. The van der Waals surface area contributed by atoms with E-state index in [1.807, 2.05) is 12.1 Å². The average Bonchev–Trinajstić information content (AvgIpc) is 2.89. The van der Waals surface area contributed by atoms with Crippen LogP contribution in [0.3, 0.4) is 0 Å². The maximum Gasteiger partial charge on any atom is 0.308 e. The Morgan fingerprint density at radius 3 is 2.75 bits per heavy atom. The third kappa shape index (κ3) is 2.93. The Balaban J connectivity index is 2.42. The number of aliphatic carboxylic acids is 1. The predicted molar refractivity (Wildman–Crippen MR) is 82.5 cm³/mol. The van der Waals surface area contributed by atoms with Crippen molar-refractivity contribution < 1.29 is 9.90 Å². The Morgan fingerprint density at radius 2 is 2.15 bits per heavy atom. The Kier molecular flexibility index (Phi) is 4.59. The Bertz CT molecular complexity index is 646. The first kappa shape index (κ1) is 15.2. The molecule has 0 saturated heterocycles. The molecule has 0 bridgehead atoms. The van der Waals surface area contributed by atoms with Crippen molar-refractivity contribution in [2.75, 3.05) is 0 Å². The number of carbonyl (C=O) groups is 1. The second-order valence-corrected chi connectivity index (χ2v) is 6.01. The zero-order valence-corrected chi connectivity index (χ0v) is 13.7. The molecule has 1 aromatic carbocycles. The van der Waals surface area contributed by atoms with Gasteiger partial charge < -0.3 is 5.11 Å². The minimum Gasteiger partial charge on any atom is -0.481 e. The van der Waals surface area contributed by atoms with Gasteiger partial charge in [0, 0.05) is 9.13 Å². The minimum atomic E-state index is -0.889. The molecule has 0 radical (unpaired) electrons. The topological polar surface area (TPSA) is 80.9 Å². The van der Waals surface area contributed by atoms with Gasteiger partial charge in [-0.2, -0.15) is 0 Å². The fourth-order valence-corrected chi connectivity index (χ4v) is 2.23. The van der Waals surface area contributed by atoms with Crippen molar-refractivity contribution in [1.82, 2.24) is 20.2 Å². The summed E-state index contributed by atoms with van der Waals surface area (Å²) in [6, 6.07) is 5.12. The number of rotatable bonds is 4. The Morgan fingerprint density at radius 1 is 1.45 bits per heavy atom. The predicted octanol–water partition coefficient (Wildman–Crippen LogP) is 2.88. The largest absolute Gasteiger partial charge is 0.481 e. The van der Waals surface area contributed by atoms with Gasteiger partial charge in [0.25, 0.3) is 0 Å². The molecule has 2 aromatic rings. The van der Waals surface area contributed by atoms with Gasteiger partial charge >= 0.3 is 5.97 Å². The lowest BCUT2D eigenvalue weighted by Gasteiger charge is -2.17. The second-order valence-electron chi connectivity index (χ2n) is 4.44. The van der Waals surface area contributed by atoms with E-state index in [-0.39, 0.29) is 6.04 Å². The quantitative estimate of drug-likeness (QED) is 0.790. The summed E-state index contributed by atoms with van der Waals surface area (Å²) in [6.45, 7) is 3.40. The summed E-state index contributed by atoms with van der Waals surface area (Å²) < 4.78 is 2.44. The molecule has 1 N–H and O–H groups in total. The molecule has 1 aromatic heterocycles. The number of aromatic nitrogens is 4. The van der Waals surface area contributed by atoms with E-state index < -0.39 is 11.9 Å². The lowest BCUT2D eigenvalue weighted by molar-refractivity contribution is -0.142. The van der Waals surface area contributed by atoms with Gasteiger partial charge in [0.15, 0.2) is 5.82 Å². The van der Waals surface area contributed by atoms with Gasteiger partial charge in [-0.3, -0.25) is 4.79 Å². The van der Waals surface area contributed by atoms with Crippen LogP contribution in [0.5, 0.6) is 0 Å². The summed E-state index contributed by atoms with van der Waals surface area (Å²) in [4.78, 5) is 11.1. The van der Waals surface area contributed by atoms with Gasteiger partial charge in [0.05, 0.1) is 17.0 Å². The molecule has 0 spiro atoms. The van der Waals surface area contributed by atoms with Crippen molar-refractivity contribution in [2.24, 2.45) is 5.92 Å². The molecular formula is C12H12ClIN4O2. The van der Waals surface area contributed by atoms with Crippen molar-refractivity contribution in [3.05, 3.63) is 26.8 Å². The standard InChI is InChI=1S/C12H12ClIN4O2/c1-6(12(19)20)7(2)18-11(15-16-17-18)8-3-4-10(14)9(13)5-8/h3-7H,1-2H3,(H,19,20). The van der Waals surface area contributed by atoms with Crippen LogP contribution in [0.2, 0.25) is 5.02 Å². The first-order chi connectivity index (χ1) is 9.41. The Hall–Kier alpha value is -1.22. The molecule has 106 valence electrons. The highest BCUT2D eigenvalue weighted by Crippen LogP contribution is 2.27. The highest BCUT2D eigenvalue weighted by Gasteiger charge is 2.25. The van der Waals surface area contributed by atoms with Crippen LogP contribution in [-0.4, -0.2) is 31.3 Å². The minimum absolute atomic E-state index is 0.365. The zero-order chi connectivity index (χ0) is 14.9. The number of nitrogens with zero attached hydrogens (tertiary/aromatic N) is 4. The summed E-state index contributed by atoms with van der Waals surface area (Å²) >= 11 is 8.23. The lowest BCUT2D eigenvalue weighted by atomic mass is 10.0. The van der Waals surface area contributed by atoms with E-state index in [0.717, 1.165) is 9.13 Å². The molecule has 0 fully saturated rings. The first-order valence-corrected chi connectivity index (χ1v) is 7.33. The first-order valence-electron chi connectivity index (χ1n) is 5.88. The van der Waals surface area contributed by atoms with Crippen LogP contribution in [0, 0.1) is 9.49 Å². The van der Waals surface area contributed by atoms with Crippen molar-refractivity contribution in [2.45, 2.75) is 19.9 Å². The lowest BCUT2D eigenvalue weighted by Crippen LogP contribution is -2.23. The SMILES string of the molecule is CC(C(=O)O)C(C)n1nnnc1-c1ccc(I)c(Cl)c1. The van der Waals surface area contributed by atoms with Crippen molar-refractivity contribution in [3.8, 4) is 11.4 Å². The van der Waals surface area contributed by atoms with E-state index in [4.69, 9.17) is 16.7 Å². The average molecular weight is 407 g/mol. The molecule has 1 heterocycles. The van der Waals surface area contributed by atoms with Gasteiger partial charge in [-0.05, 0) is 65.1 Å². The summed E-state index contributed by atoms with van der Waals surface area (Å²) in [5.74, 6) is -0.986. The zero-order valence-electron chi connectivity index (χ0n) is 10.8. The van der Waals surface area contributed by atoms with Gasteiger partial charge in [-0.15, -0.1) is 5.10 Å². The normalized spacial score (nSPS) is 14.0. The van der Waals surface area contributed by atoms with Gasteiger partial charge in [-0.1, -0.05) is 11.6 Å². The van der Waals surface area contributed by atoms with E-state index in [1.54, 1.807) is 19.9 Å². The van der Waals surface area contributed by atoms with Gasteiger partial charge in [0.2, 0.25) is 0 Å². The summed E-state index contributed by atoms with van der Waals surface area (Å²) in [6.07, 6.45) is 0. The molecule has 0 amide bonds. The fraction of sp³-hybridized carbons (Fsp3) is 0.333. The maximum absolute atomic E-state index is 11.1. The molecule has 6 nitrogen and oxygen atoms in total. The second kappa shape index (κ2) is 6.04. The smallest absolute Gasteiger partial charge is 0.308 e. The van der Waals surface area contributed by atoms with E-state index in [9.17, 15) is 4.79 Å². The van der Waals surface area contributed by atoms with Gasteiger partial charge in [-0.25, -0.2) is 4.68 Å². The van der Waals surface area contributed by atoms with Crippen molar-refractivity contribution >= 4 is 40.2 Å². The number of benzene rings is 1. The van der Waals surface area contributed by atoms with E-state index in [1.165, 1.54) is 4.68 Å². The summed E-state index contributed by atoms with van der Waals surface area (Å²) in [5, 5.41) is 21.2. The molecule has 2 rings (SSSR count). The van der Waals surface area contributed by atoms with Crippen LogP contribution in [-0.2, 0) is 4.79 Å². The van der Waals surface area contributed by atoms with E-state index >= 15 is 0 Å². The molecule has 20 heavy (non-hydrogen) atoms. The number of halogens is 2. The number of hydrogen-bond donors (Lipinski definition) is 1. The highest BCUT2D eigenvalue weighted by atomic mass is 127. The van der Waals surface area contributed by atoms with Crippen molar-refractivity contribution in [1.29, 1.82) is 0 Å². The summed E-state index contributed by atoms with van der Waals surface area (Å²) in [5.41, 5.74) is 0.754. The maximum atomic E-state index is 11.1. The van der Waals surface area contributed by atoms with Crippen LogP contribution in [0.1, 0.15) is 19.9 Å². The molecule has 0 saturated carbocycles. The van der Waals surface area contributed by atoms with Crippen LogP contribution in [0.4, 0.5) is 0 Å². The van der Waals surface area contributed by atoms with Crippen molar-refractivity contribution in [3.63, 3.8) is 0 Å². The third-order valence-corrected chi connectivity index (χ3v) is 4.74. The highest BCUT2D eigenvalue weighted by molar-refractivity contribution is 14.1. The number of tetrazole rings is 1. The molecule has 0 aliphatic carbocycles. The number of carboxylic acids is 1. The van der Waals surface area contributed by atoms with Crippen LogP contribution < -0.4 is 0 Å². The summed E-state index contributed by atoms with van der Waals surface area (Å²) in [7, 11) is 0. The third-order valence-electron chi connectivity index (χ3n) is 3.17. The van der Waals surface area contributed by atoms with Crippen LogP contribution in [0.25, 0.3) is 11.4 Å². The molecule has 8 heteroatoms. The van der Waals surface area contributed by atoms with E-state index in [2.05, 4.69) is 38.1 Å². The van der Waals surface area contributed by atoms with Crippen LogP contribution in [0.15, 0.2) is 18.2 Å². The van der Waals surface area contributed by atoms with E-state index in [0.29, 0.717) is 10.8 Å². The van der Waals surface area contributed by atoms with Crippen LogP contribution >= 0.6 is 34.2 Å². The number of hydrogen-bond acceptors (Lipinski definition) is 4. The molecular weight excluding hydrogens is 395 g/mol. The van der Waals surface area contributed by atoms with Gasteiger partial charge in [0.1, 0.15) is 0 Å². The molecule has 0 aliphatic heterocycles. The Labute approximate surface area is 134 Å². The molecule has 0 aliphatic rings. The fourth-order valence-electron chi connectivity index (χ4n) is 1.71.